The van der Waals surface area contributed by atoms with Gasteiger partial charge in [-0.05, 0) is 65.6 Å². The average Bonchev–Trinajstić information content (AvgIpc) is 2.68. The van der Waals surface area contributed by atoms with Crippen LogP contribution in [0.25, 0.3) is 33.2 Å². The van der Waals surface area contributed by atoms with Gasteiger partial charge in [0.05, 0.1) is 16.6 Å². The predicted molar refractivity (Wildman–Crippen MR) is 112 cm³/mol. The van der Waals surface area contributed by atoms with Gasteiger partial charge in [0.2, 0.25) is 0 Å². The fourth-order valence-corrected chi connectivity index (χ4v) is 3.60. The Kier molecular flexibility index (Phi) is 4.82. The minimum atomic E-state index is -4.41. The van der Waals surface area contributed by atoms with Gasteiger partial charge in [-0.1, -0.05) is 35.9 Å². The van der Waals surface area contributed by atoms with Gasteiger partial charge >= 0.3 is 6.18 Å². The molecule has 0 unspecified atom stereocenters. The Morgan fingerprint density at radius 3 is 2.27 bits per heavy atom. The highest BCUT2D eigenvalue weighted by Crippen LogP contribution is 2.37. The number of hydrogen-bond donors (Lipinski definition) is 2. The highest BCUT2D eigenvalue weighted by Gasteiger charge is 2.30. The van der Waals surface area contributed by atoms with E-state index in [0.717, 1.165) is 17.7 Å². The van der Waals surface area contributed by atoms with Gasteiger partial charge in [0.1, 0.15) is 5.75 Å². The molecular weight excluding hydrogens is 415 g/mol. The summed E-state index contributed by atoms with van der Waals surface area (Å²) in [7, 11) is 0. The molecule has 0 saturated carbocycles. The zero-order chi connectivity index (χ0) is 21.6. The van der Waals surface area contributed by atoms with Crippen molar-refractivity contribution in [1.82, 2.24) is 4.98 Å². The number of aromatic nitrogens is 1. The van der Waals surface area contributed by atoms with E-state index in [9.17, 15) is 23.1 Å². The lowest BCUT2D eigenvalue weighted by Crippen LogP contribution is -2.10. The van der Waals surface area contributed by atoms with E-state index in [-0.39, 0.29) is 11.3 Å². The average molecular weight is 430 g/mol. The summed E-state index contributed by atoms with van der Waals surface area (Å²) in [6, 6.07) is 14.8. The van der Waals surface area contributed by atoms with E-state index in [1.165, 1.54) is 12.1 Å². The van der Waals surface area contributed by atoms with E-state index >= 15 is 0 Å². The van der Waals surface area contributed by atoms with Gasteiger partial charge in [0.15, 0.2) is 0 Å². The molecule has 4 aromatic rings. The van der Waals surface area contributed by atoms with Crippen molar-refractivity contribution in [3.8, 4) is 28.0 Å². The van der Waals surface area contributed by atoms with Crippen molar-refractivity contribution >= 4 is 22.5 Å². The van der Waals surface area contributed by atoms with Gasteiger partial charge in [0, 0.05) is 10.4 Å². The highest BCUT2D eigenvalue weighted by molar-refractivity contribution is 6.31. The van der Waals surface area contributed by atoms with Crippen LogP contribution in [0, 0.1) is 6.92 Å². The fourth-order valence-electron chi connectivity index (χ4n) is 3.43. The van der Waals surface area contributed by atoms with Crippen LogP contribution in [0.4, 0.5) is 13.2 Å². The molecule has 0 saturated heterocycles. The fraction of sp³-hybridized carbons (Fsp3) is 0.0870. The van der Waals surface area contributed by atoms with Crippen LogP contribution in [0.5, 0.6) is 5.75 Å². The summed E-state index contributed by atoms with van der Waals surface area (Å²) in [6.45, 7) is 1.79. The highest BCUT2D eigenvalue weighted by atomic mass is 35.5. The Morgan fingerprint density at radius 2 is 1.60 bits per heavy atom. The Labute approximate surface area is 174 Å². The molecule has 2 N–H and O–H groups in total. The molecule has 0 radical (unpaired) electrons. The molecule has 0 aliphatic rings. The smallest absolute Gasteiger partial charge is 0.416 e. The maximum absolute atomic E-state index is 12.8. The molecule has 1 aromatic heterocycles. The topological polar surface area (TPSA) is 53.1 Å². The second kappa shape index (κ2) is 7.22. The number of aryl methyl sites for hydroxylation is 1. The summed E-state index contributed by atoms with van der Waals surface area (Å²) < 4.78 is 38.5. The number of hydrogen-bond acceptors (Lipinski definition) is 2. The third-order valence-corrected chi connectivity index (χ3v) is 5.24. The first-order valence-corrected chi connectivity index (χ1v) is 9.36. The van der Waals surface area contributed by atoms with Crippen molar-refractivity contribution < 1.29 is 18.3 Å². The van der Waals surface area contributed by atoms with E-state index in [1.54, 1.807) is 43.3 Å². The molecule has 152 valence electrons. The van der Waals surface area contributed by atoms with Crippen LogP contribution in [0.3, 0.4) is 0 Å². The van der Waals surface area contributed by atoms with Crippen LogP contribution < -0.4 is 5.56 Å². The largest absolute Gasteiger partial charge is 0.506 e. The van der Waals surface area contributed by atoms with Crippen molar-refractivity contribution in [2.75, 3.05) is 0 Å². The maximum Gasteiger partial charge on any atom is 0.416 e. The maximum atomic E-state index is 12.8. The summed E-state index contributed by atoms with van der Waals surface area (Å²) in [5.74, 6) is -0.182. The summed E-state index contributed by atoms with van der Waals surface area (Å²) >= 11 is 5.96. The molecule has 30 heavy (non-hydrogen) atoms. The quantitative estimate of drug-likeness (QED) is 0.379. The Bertz CT molecular complexity index is 1330. The Balaban J connectivity index is 1.87. The van der Waals surface area contributed by atoms with Crippen molar-refractivity contribution in [1.29, 1.82) is 0 Å². The third kappa shape index (κ3) is 3.55. The summed E-state index contributed by atoms with van der Waals surface area (Å²) in [5, 5.41) is 11.7. The number of fused-ring (bicyclic) bond motifs is 1. The lowest BCUT2D eigenvalue weighted by atomic mass is 9.94. The summed E-state index contributed by atoms with van der Waals surface area (Å²) in [5.41, 5.74) is 1.69. The monoisotopic (exact) mass is 429 g/mol. The molecule has 0 bridgehead atoms. The molecule has 0 amide bonds. The van der Waals surface area contributed by atoms with Gasteiger partial charge < -0.3 is 10.1 Å². The minimum Gasteiger partial charge on any atom is -0.506 e. The first-order chi connectivity index (χ1) is 14.1. The number of pyridine rings is 1. The van der Waals surface area contributed by atoms with Crippen LogP contribution in [0.1, 0.15) is 11.1 Å². The molecule has 7 heteroatoms. The molecule has 3 aromatic carbocycles. The van der Waals surface area contributed by atoms with E-state index in [4.69, 9.17) is 11.6 Å². The van der Waals surface area contributed by atoms with E-state index in [2.05, 4.69) is 4.98 Å². The van der Waals surface area contributed by atoms with E-state index in [1.807, 2.05) is 0 Å². The third-order valence-electron chi connectivity index (χ3n) is 5.00. The second-order valence-electron chi connectivity index (χ2n) is 6.97. The predicted octanol–water partition coefficient (Wildman–Crippen LogP) is 6.55. The van der Waals surface area contributed by atoms with Crippen molar-refractivity contribution in [3.05, 3.63) is 87.2 Å². The van der Waals surface area contributed by atoms with Gasteiger partial charge in [-0.15, -0.1) is 0 Å². The van der Waals surface area contributed by atoms with Crippen molar-refractivity contribution in [2.45, 2.75) is 13.1 Å². The van der Waals surface area contributed by atoms with E-state index < -0.39 is 17.3 Å². The lowest BCUT2D eigenvalue weighted by molar-refractivity contribution is -0.137. The number of H-pyrrole nitrogens is 1. The zero-order valence-electron chi connectivity index (χ0n) is 15.6. The standard InChI is InChI=1S/C23H15ClF3NO2/c1-12-2-3-14(13-4-6-15(7-5-13)23(25,26)27)10-18(12)20-21(29)17-9-8-16(24)11-19(17)28-22(20)30/h2-11H,1H3,(H2,28,29,30). The number of rotatable bonds is 2. The van der Waals surface area contributed by atoms with Gasteiger partial charge in [-0.2, -0.15) is 13.2 Å². The normalized spacial score (nSPS) is 11.8. The Hall–Kier alpha value is -3.25. The first-order valence-electron chi connectivity index (χ1n) is 8.98. The SMILES string of the molecule is Cc1ccc(-c2ccc(C(F)(F)F)cc2)cc1-c1c(O)c2ccc(Cl)cc2[nH]c1=O. The molecule has 4 rings (SSSR count). The molecule has 1 heterocycles. The van der Waals surface area contributed by atoms with Crippen molar-refractivity contribution in [2.24, 2.45) is 0 Å². The molecule has 0 spiro atoms. The number of aromatic hydroxyl groups is 1. The Morgan fingerprint density at radius 1 is 0.933 bits per heavy atom. The van der Waals surface area contributed by atoms with Crippen LogP contribution in [0.2, 0.25) is 5.02 Å². The number of halogens is 4. The zero-order valence-corrected chi connectivity index (χ0v) is 16.4. The molecular formula is C23H15ClF3NO2. The van der Waals surface area contributed by atoms with Crippen LogP contribution in [-0.2, 0) is 6.18 Å². The number of alkyl halides is 3. The van der Waals surface area contributed by atoms with Crippen LogP contribution >= 0.6 is 11.6 Å². The van der Waals surface area contributed by atoms with E-state index in [0.29, 0.717) is 32.6 Å². The van der Waals surface area contributed by atoms with Crippen molar-refractivity contribution in [3.63, 3.8) is 0 Å². The molecule has 0 aliphatic carbocycles. The minimum absolute atomic E-state index is 0.0936. The number of nitrogens with one attached hydrogen (secondary N) is 1. The van der Waals surface area contributed by atoms with Gasteiger partial charge in [0.25, 0.3) is 5.56 Å². The van der Waals surface area contributed by atoms with Gasteiger partial charge in [-0.25, -0.2) is 0 Å². The molecule has 0 fully saturated rings. The van der Waals surface area contributed by atoms with Crippen LogP contribution in [-0.4, -0.2) is 10.1 Å². The molecule has 0 atom stereocenters. The number of aromatic amines is 1. The lowest BCUT2D eigenvalue weighted by Gasteiger charge is -2.13. The summed E-state index contributed by atoms with van der Waals surface area (Å²) in [6.07, 6.45) is -4.41. The van der Waals surface area contributed by atoms with Gasteiger partial charge in [-0.3, -0.25) is 4.79 Å². The molecule has 3 nitrogen and oxygen atoms in total. The first kappa shape index (κ1) is 20.0. The summed E-state index contributed by atoms with van der Waals surface area (Å²) in [4.78, 5) is 15.5. The molecule has 0 aliphatic heterocycles. The second-order valence-corrected chi connectivity index (χ2v) is 7.41. The number of benzene rings is 3. The van der Waals surface area contributed by atoms with Crippen LogP contribution in [0.15, 0.2) is 65.5 Å².